The van der Waals surface area contributed by atoms with Crippen molar-refractivity contribution in [2.24, 2.45) is 0 Å². The first kappa shape index (κ1) is 13.7. The summed E-state index contributed by atoms with van der Waals surface area (Å²) in [5, 5.41) is 6.30. The van der Waals surface area contributed by atoms with E-state index in [0.29, 0.717) is 0 Å². The smallest absolute Gasteiger partial charge is 0.0491 e. The Morgan fingerprint density at radius 3 is 2.43 bits per heavy atom. The fourth-order valence-electron chi connectivity index (χ4n) is 2.91. The highest BCUT2D eigenvalue weighted by Crippen LogP contribution is 2.28. The first-order valence-electron chi connectivity index (χ1n) is 7.61. The van der Waals surface area contributed by atoms with Crippen LogP contribution in [0.25, 0.3) is 10.8 Å². The summed E-state index contributed by atoms with van der Waals surface area (Å²) in [4.78, 5) is 0. The lowest BCUT2D eigenvalue weighted by atomic mass is 9.99. The van der Waals surface area contributed by atoms with Gasteiger partial charge >= 0.3 is 0 Å². The minimum absolute atomic E-state index is 0.281. The molecule has 0 saturated carbocycles. The van der Waals surface area contributed by atoms with E-state index in [0.717, 1.165) is 6.42 Å². The van der Waals surface area contributed by atoms with Crippen LogP contribution in [0.2, 0.25) is 0 Å². The molecule has 0 amide bonds. The number of rotatable bonds is 4. The molecule has 0 bridgehead atoms. The zero-order valence-corrected chi connectivity index (χ0v) is 12.6. The van der Waals surface area contributed by atoms with E-state index in [1.165, 1.54) is 27.6 Å². The lowest BCUT2D eigenvalue weighted by Gasteiger charge is -2.19. The Kier molecular flexibility index (Phi) is 3.92. The summed E-state index contributed by atoms with van der Waals surface area (Å²) in [5.74, 6) is 0. The molecule has 1 unspecified atom stereocenters. The number of hydrogen-bond acceptors (Lipinski definition) is 1. The Hall–Kier alpha value is -2.28. The van der Waals surface area contributed by atoms with Gasteiger partial charge in [0.2, 0.25) is 0 Å². The maximum Gasteiger partial charge on any atom is 0.0491 e. The zero-order valence-electron chi connectivity index (χ0n) is 12.6. The molecule has 0 saturated heterocycles. The standard InChI is InChI=1S/C20H21N/c1-3-16-9-5-7-14-20(16)21-15(2)18-13-8-11-17-10-4-6-12-19(17)18/h4-15,21H,3H2,1-2H3. The Bertz CT molecular complexity index is 740. The molecule has 3 aromatic carbocycles. The lowest BCUT2D eigenvalue weighted by molar-refractivity contribution is 0.889. The fourth-order valence-corrected chi connectivity index (χ4v) is 2.91. The molecule has 106 valence electrons. The minimum atomic E-state index is 0.281. The van der Waals surface area contributed by atoms with E-state index in [4.69, 9.17) is 0 Å². The van der Waals surface area contributed by atoms with Crippen LogP contribution in [0.3, 0.4) is 0 Å². The van der Waals surface area contributed by atoms with Crippen molar-refractivity contribution in [3.05, 3.63) is 77.9 Å². The topological polar surface area (TPSA) is 12.0 Å². The van der Waals surface area contributed by atoms with Crippen molar-refractivity contribution in [2.75, 3.05) is 5.32 Å². The van der Waals surface area contributed by atoms with Crippen molar-refractivity contribution in [1.29, 1.82) is 0 Å². The van der Waals surface area contributed by atoms with Crippen LogP contribution in [-0.4, -0.2) is 0 Å². The van der Waals surface area contributed by atoms with Crippen molar-refractivity contribution >= 4 is 16.5 Å². The largest absolute Gasteiger partial charge is 0.378 e. The van der Waals surface area contributed by atoms with Gasteiger partial charge in [-0.3, -0.25) is 0 Å². The van der Waals surface area contributed by atoms with E-state index in [1.54, 1.807) is 0 Å². The number of nitrogens with one attached hydrogen (secondary N) is 1. The Morgan fingerprint density at radius 1 is 0.857 bits per heavy atom. The molecule has 0 radical (unpaired) electrons. The molecule has 1 atom stereocenters. The second-order valence-electron chi connectivity index (χ2n) is 5.45. The monoisotopic (exact) mass is 275 g/mol. The van der Waals surface area contributed by atoms with Crippen LogP contribution in [0, 0.1) is 0 Å². The lowest BCUT2D eigenvalue weighted by Crippen LogP contribution is -2.08. The van der Waals surface area contributed by atoms with Crippen molar-refractivity contribution in [2.45, 2.75) is 26.3 Å². The van der Waals surface area contributed by atoms with Gasteiger partial charge in [-0.15, -0.1) is 0 Å². The van der Waals surface area contributed by atoms with E-state index >= 15 is 0 Å². The number of fused-ring (bicyclic) bond motifs is 1. The molecule has 0 aliphatic heterocycles. The van der Waals surface area contributed by atoms with Crippen LogP contribution in [-0.2, 0) is 6.42 Å². The average molecular weight is 275 g/mol. The van der Waals surface area contributed by atoms with Gasteiger partial charge in [-0.05, 0) is 41.3 Å². The van der Waals surface area contributed by atoms with E-state index in [1.807, 2.05) is 0 Å². The molecule has 0 heterocycles. The van der Waals surface area contributed by atoms with E-state index in [-0.39, 0.29) is 6.04 Å². The molecule has 0 spiro atoms. The number of aryl methyl sites for hydroxylation is 1. The van der Waals surface area contributed by atoms with Gasteiger partial charge in [-0.25, -0.2) is 0 Å². The molecule has 0 fully saturated rings. The highest BCUT2D eigenvalue weighted by Gasteiger charge is 2.10. The molecule has 1 N–H and O–H groups in total. The summed E-state index contributed by atoms with van der Waals surface area (Å²) in [6.45, 7) is 4.43. The van der Waals surface area contributed by atoms with Gasteiger partial charge in [-0.2, -0.15) is 0 Å². The van der Waals surface area contributed by atoms with Gasteiger partial charge in [0, 0.05) is 11.7 Å². The van der Waals surface area contributed by atoms with Crippen molar-refractivity contribution in [3.63, 3.8) is 0 Å². The summed E-state index contributed by atoms with van der Waals surface area (Å²) >= 11 is 0. The van der Waals surface area contributed by atoms with Gasteiger partial charge in [0.25, 0.3) is 0 Å². The van der Waals surface area contributed by atoms with Crippen LogP contribution < -0.4 is 5.32 Å². The molecule has 1 heteroatoms. The van der Waals surface area contributed by atoms with Crippen LogP contribution in [0.1, 0.15) is 31.0 Å². The molecule has 21 heavy (non-hydrogen) atoms. The molecular weight excluding hydrogens is 254 g/mol. The van der Waals surface area contributed by atoms with Crippen LogP contribution in [0.4, 0.5) is 5.69 Å². The Labute approximate surface area is 126 Å². The van der Waals surface area contributed by atoms with Crippen LogP contribution in [0.15, 0.2) is 66.7 Å². The Balaban J connectivity index is 1.96. The van der Waals surface area contributed by atoms with Crippen molar-refractivity contribution in [3.8, 4) is 0 Å². The third-order valence-electron chi connectivity index (χ3n) is 4.06. The number of hydrogen-bond donors (Lipinski definition) is 1. The van der Waals surface area contributed by atoms with Gasteiger partial charge in [-0.1, -0.05) is 67.6 Å². The Morgan fingerprint density at radius 2 is 1.57 bits per heavy atom. The van der Waals surface area contributed by atoms with Gasteiger partial charge < -0.3 is 5.32 Å². The second-order valence-corrected chi connectivity index (χ2v) is 5.45. The summed E-state index contributed by atoms with van der Waals surface area (Å²) in [6, 6.07) is 23.9. The summed E-state index contributed by atoms with van der Waals surface area (Å²) in [5.41, 5.74) is 3.95. The first-order chi connectivity index (χ1) is 10.3. The highest BCUT2D eigenvalue weighted by molar-refractivity contribution is 5.86. The zero-order chi connectivity index (χ0) is 14.7. The predicted molar refractivity (Wildman–Crippen MR) is 91.8 cm³/mol. The summed E-state index contributed by atoms with van der Waals surface area (Å²) < 4.78 is 0. The van der Waals surface area contributed by atoms with E-state index in [2.05, 4.69) is 85.9 Å². The molecule has 1 nitrogen and oxygen atoms in total. The van der Waals surface area contributed by atoms with Crippen LogP contribution in [0.5, 0.6) is 0 Å². The SMILES string of the molecule is CCc1ccccc1NC(C)c1cccc2ccccc12. The molecule has 0 aromatic heterocycles. The van der Waals surface area contributed by atoms with Crippen molar-refractivity contribution in [1.82, 2.24) is 0 Å². The minimum Gasteiger partial charge on any atom is -0.378 e. The summed E-state index contributed by atoms with van der Waals surface area (Å²) in [6.07, 6.45) is 1.05. The number of benzene rings is 3. The average Bonchev–Trinajstić information content (AvgIpc) is 2.54. The molecule has 3 aromatic rings. The van der Waals surface area contributed by atoms with Gasteiger partial charge in [0.05, 0.1) is 0 Å². The second kappa shape index (κ2) is 6.01. The highest BCUT2D eigenvalue weighted by atomic mass is 14.9. The van der Waals surface area contributed by atoms with Crippen molar-refractivity contribution < 1.29 is 0 Å². The van der Waals surface area contributed by atoms with Crippen LogP contribution >= 0.6 is 0 Å². The van der Waals surface area contributed by atoms with Gasteiger partial charge in [0.1, 0.15) is 0 Å². The van der Waals surface area contributed by atoms with E-state index < -0.39 is 0 Å². The van der Waals surface area contributed by atoms with E-state index in [9.17, 15) is 0 Å². The summed E-state index contributed by atoms with van der Waals surface area (Å²) in [7, 11) is 0. The molecule has 3 rings (SSSR count). The quantitative estimate of drug-likeness (QED) is 0.656. The molecule has 0 aliphatic rings. The third-order valence-corrected chi connectivity index (χ3v) is 4.06. The number of anilines is 1. The fraction of sp³-hybridized carbons (Fsp3) is 0.200. The third kappa shape index (κ3) is 2.78. The number of para-hydroxylation sites is 1. The maximum absolute atomic E-state index is 3.67. The molecule has 0 aliphatic carbocycles. The predicted octanol–water partition coefficient (Wildman–Crippen LogP) is 5.58. The van der Waals surface area contributed by atoms with Gasteiger partial charge in [0.15, 0.2) is 0 Å². The first-order valence-corrected chi connectivity index (χ1v) is 7.61. The molecular formula is C20H21N. The normalized spacial score (nSPS) is 12.3. The maximum atomic E-state index is 3.67.